The number of anilines is 2. The molecular formula is C24H19N5O3S. The Hall–Kier alpha value is -4.34. The van der Waals surface area contributed by atoms with E-state index >= 15 is 0 Å². The molecule has 0 fully saturated rings. The van der Waals surface area contributed by atoms with Crippen molar-refractivity contribution < 1.29 is 14.7 Å². The molecule has 0 bridgehead atoms. The van der Waals surface area contributed by atoms with Crippen LogP contribution in [-0.4, -0.2) is 27.2 Å². The summed E-state index contributed by atoms with van der Waals surface area (Å²) in [4.78, 5) is 28.1. The number of carboxylic acids is 1. The van der Waals surface area contributed by atoms with Gasteiger partial charge in [-0.05, 0) is 36.2 Å². The summed E-state index contributed by atoms with van der Waals surface area (Å²) in [7, 11) is 0. The van der Waals surface area contributed by atoms with Crippen LogP contribution in [0.2, 0.25) is 0 Å². The number of carbonyl (C=O) groups excluding carboxylic acids is 1. The number of nitrogens with zero attached hydrogens (tertiary/aromatic N) is 3. The molecule has 0 aliphatic heterocycles. The van der Waals surface area contributed by atoms with Crippen molar-refractivity contribution in [2.75, 3.05) is 11.1 Å². The fourth-order valence-corrected chi connectivity index (χ4v) is 4.17. The number of benzene rings is 2. The van der Waals surface area contributed by atoms with Crippen molar-refractivity contribution in [3.8, 4) is 23.3 Å². The molecule has 164 valence electrons. The van der Waals surface area contributed by atoms with E-state index < -0.39 is 11.2 Å². The van der Waals surface area contributed by atoms with Crippen LogP contribution in [0.1, 0.15) is 34.8 Å². The number of amides is 1. The van der Waals surface area contributed by atoms with Crippen LogP contribution in [0.25, 0.3) is 11.1 Å². The molecule has 4 N–H and O–H groups in total. The van der Waals surface area contributed by atoms with Gasteiger partial charge in [0.05, 0.1) is 16.4 Å². The monoisotopic (exact) mass is 457 g/mol. The van der Waals surface area contributed by atoms with Crippen LogP contribution in [0.5, 0.6) is 0 Å². The molecule has 2 aromatic carbocycles. The molecule has 33 heavy (non-hydrogen) atoms. The number of aromatic nitrogens is 1. The van der Waals surface area contributed by atoms with Gasteiger partial charge in [-0.25, -0.2) is 9.78 Å². The zero-order valence-corrected chi connectivity index (χ0v) is 18.4. The second kappa shape index (κ2) is 10.3. The lowest BCUT2D eigenvalue weighted by Crippen LogP contribution is -2.25. The van der Waals surface area contributed by atoms with E-state index in [1.54, 1.807) is 24.3 Å². The van der Waals surface area contributed by atoms with Crippen molar-refractivity contribution in [2.24, 2.45) is 0 Å². The Bertz CT molecular complexity index is 1280. The van der Waals surface area contributed by atoms with E-state index in [4.69, 9.17) is 10.8 Å². The molecule has 0 aliphatic carbocycles. The predicted molar refractivity (Wildman–Crippen MR) is 125 cm³/mol. The van der Waals surface area contributed by atoms with E-state index in [1.165, 1.54) is 24.3 Å². The van der Waals surface area contributed by atoms with Gasteiger partial charge in [0.25, 0.3) is 0 Å². The summed E-state index contributed by atoms with van der Waals surface area (Å²) >= 11 is 1.09. The lowest BCUT2D eigenvalue weighted by Gasteiger charge is -2.17. The minimum Gasteiger partial charge on any atom is -0.478 e. The summed E-state index contributed by atoms with van der Waals surface area (Å²) in [5.74, 6) is -1.41. The molecule has 8 nitrogen and oxygen atoms in total. The maximum absolute atomic E-state index is 12.9. The molecule has 0 aliphatic rings. The van der Waals surface area contributed by atoms with Crippen LogP contribution in [0.15, 0.2) is 59.6 Å². The first kappa shape index (κ1) is 23.3. The molecule has 1 atom stereocenters. The van der Waals surface area contributed by atoms with Crippen LogP contribution < -0.4 is 11.1 Å². The second-order valence-electron chi connectivity index (χ2n) is 6.90. The molecule has 1 aromatic heterocycles. The Kier molecular flexibility index (Phi) is 7.29. The molecule has 1 heterocycles. The van der Waals surface area contributed by atoms with Crippen molar-refractivity contribution in [1.29, 1.82) is 10.5 Å². The predicted octanol–water partition coefficient (Wildman–Crippen LogP) is 4.28. The molecular weight excluding hydrogens is 438 g/mol. The maximum atomic E-state index is 12.9. The Morgan fingerprint density at radius 3 is 2.27 bits per heavy atom. The first-order valence-corrected chi connectivity index (χ1v) is 10.8. The number of hydrogen-bond donors (Lipinski definition) is 3. The lowest BCUT2D eigenvalue weighted by atomic mass is 9.97. The topological polar surface area (TPSA) is 153 Å². The van der Waals surface area contributed by atoms with Crippen molar-refractivity contribution in [2.45, 2.75) is 23.6 Å². The summed E-state index contributed by atoms with van der Waals surface area (Å²) in [6, 6.07) is 18.9. The van der Waals surface area contributed by atoms with E-state index in [9.17, 15) is 20.1 Å². The number of nitrogens with one attached hydrogen (secondary N) is 1. The Labute approximate surface area is 194 Å². The molecule has 1 amide bonds. The number of hydrogen-bond acceptors (Lipinski definition) is 7. The Morgan fingerprint density at radius 2 is 1.73 bits per heavy atom. The minimum atomic E-state index is -1.06. The number of pyridine rings is 1. The first-order chi connectivity index (χ1) is 15.9. The SMILES string of the molecule is CCC(Sc1nc(N)c(C#N)c(-c2ccccc2)c1C#N)C(=O)Nc1ccc(C(=O)O)cc1. The normalized spacial score (nSPS) is 11.1. The van der Waals surface area contributed by atoms with E-state index in [0.717, 1.165) is 11.8 Å². The third kappa shape index (κ3) is 5.12. The van der Waals surface area contributed by atoms with Gasteiger partial charge in [-0.3, -0.25) is 4.79 Å². The molecule has 9 heteroatoms. The quantitative estimate of drug-likeness (QED) is 0.444. The van der Waals surface area contributed by atoms with E-state index in [0.29, 0.717) is 23.2 Å². The van der Waals surface area contributed by atoms with E-state index in [1.807, 2.05) is 19.1 Å². The molecule has 0 spiro atoms. The average molecular weight is 458 g/mol. The Balaban J connectivity index is 1.94. The first-order valence-electron chi connectivity index (χ1n) is 9.89. The van der Waals surface area contributed by atoms with Crippen molar-refractivity contribution in [3.63, 3.8) is 0 Å². The molecule has 1 unspecified atom stereocenters. The fraction of sp³-hybridized carbons (Fsp3) is 0.125. The van der Waals surface area contributed by atoms with Crippen molar-refractivity contribution in [3.05, 3.63) is 71.3 Å². The number of aromatic carboxylic acids is 1. The number of carboxylic acid groups (broad SMARTS) is 1. The van der Waals surface area contributed by atoms with Gasteiger partial charge in [0.2, 0.25) is 5.91 Å². The molecule has 0 saturated heterocycles. The highest BCUT2D eigenvalue weighted by Crippen LogP contribution is 2.37. The maximum Gasteiger partial charge on any atom is 0.335 e. The van der Waals surface area contributed by atoms with Crippen molar-refractivity contribution >= 4 is 35.1 Å². The van der Waals surface area contributed by atoms with Crippen LogP contribution in [0.4, 0.5) is 11.5 Å². The lowest BCUT2D eigenvalue weighted by molar-refractivity contribution is -0.115. The Morgan fingerprint density at radius 1 is 1.09 bits per heavy atom. The van der Waals surface area contributed by atoms with E-state index in [2.05, 4.69) is 16.4 Å². The van der Waals surface area contributed by atoms with Crippen LogP contribution in [-0.2, 0) is 4.79 Å². The number of nitriles is 2. The van der Waals surface area contributed by atoms with Crippen LogP contribution in [0, 0.1) is 22.7 Å². The van der Waals surface area contributed by atoms with E-state index in [-0.39, 0.29) is 33.4 Å². The van der Waals surface area contributed by atoms with Gasteiger partial charge in [0.1, 0.15) is 28.5 Å². The second-order valence-corrected chi connectivity index (χ2v) is 8.09. The highest BCUT2D eigenvalue weighted by atomic mass is 32.2. The average Bonchev–Trinajstić information content (AvgIpc) is 2.82. The van der Waals surface area contributed by atoms with Gasteiger partial charge in [-0.15, -0.1) is 0 Å². The van der Waals surface area contributed by atoms with Crippen molar-refractivity contribution in [1.82, 2.24) is 4.98 Å². The molecule has 0 radical (unpaired) electrons. The third-order valence-corrected chi connectivity index (χ3v) is 6.15. The minimum absolute atomic E-state index is 0.0163. The highest BCUT2D eigenvalue weighted by Gasteiger charge is 2.25. The standard InChI is InChI=1S/C24H19N5O3S/c1-2-19(22(30)28-16-10-8-15(9-11-16)24(31)32)33-23-18(13-26)20(14-6-4-3-5-7-14)17(12-25)21(27)29-23/h3-11,19H,2H2,1H3,(H2,27,29)(H,28,30)(H,31,32). The van der Waals surface area contributed by atoms with Gasteiger partial charge in [0, 0.05) is 11.3 Å². The van der Waals surface area contributed by atoms with Gasteiger partial charge in [-0.2, -0.15) is 10.5 Å². The number of thioether (sulfide) groups is 1. The number of nitrogen functional groups attached to an aromatic ring is 1. The smallest absolute Gasteiger partial charge is 0.335 e. The van der Waals surface area contributed by atoms with Crippen LogP contribution >= 0.6 is 11.8 Å². The highest BCUT2D eigenvalue weighted by molar-refractivity contribution is 8.00. The van der Waals surface area contributed by atoms with Gasteiger partial charge in [-0.1, -0.05) is 49.0 Å². The zero-order chi connectivity index (χ0) is 24.0. The van der Waals surface area contributed by atoms with Gasteiger partial charge < -0.3 is 16.2 Å². The molecule has 0 saturated carbocycles. The summed E-state index contributed by atoms with van der Waals surface area (Å²) in [5, 5.41) is 30.9. The summed E-state index contributed by atoms with van der Waals surface area (Å²) in [6.45, 7) is 1.82. The summed E-state index contributed by atoms with van der Waals surface area (Å²) in [5.41, 5.74) is 7.92. The van der Waals surface area contributed by atoms with Gasteiger partial charge >= 0.3 is 5.97 Å². The largest absolute Gasteiger partial charge is 0.478 e. The van der Waals surface area contributed by atoms with Crippen LogP contribution in [0.3, 0.4) is 0 Å². The third-order valence-electron chi connectivity index (χ3n) is 4.79. The van der Waals surface area contributed by atoms with Gasteiger partial charge in [0.15, 0.2) is 0 Å². The summed E-state index contributed by atoms with van der Waals surface area (Å²) < 4.78 is 0. The molecule has 3 rings (SSSR count). The fourth-order valence-electron chi connectivity index (χ4n) is 3.15. The zero-order valence-electron chi connectivity index (χ0n) is 17.6. The summed E-state index contributed by atoms with van der Waals surface area (Å²) in [6.07, 6.45) is 0.427. The molecule has 3 aromatic rings. The number of rotatable bonds is 7. The number of nitrogens with two attached hydrogens (primary N) is 1. The number of carbonyl (C=O) groups is 2.